The molecule has 0 radical (unpaired) electrons. The first-order chi connectivity index (χ1) is 10.0. The third-order valence-electron chi connectivity index (χ3n) is 3.51. The Morgan fingerprint density at radius 2 is 1.76 bits per heavy atom. The minimum Gasteiger partial charge on any atom is -0.469 e. The standard InChI is InChI=1S/C13H22N2O6/c1-4-21-13(18)15-7-5-14(6-8-15)10(12(17)20-3)9-11(16)19-2/h10H,4-9H2,1-3H3/p+1/t10-/m0/s1. The molecule has 1 heterocycles. The summed E-state index contributed by atoms with van der Waals surface area (Å²) in [6.45, 7) is 4.14. The zero-order valence-electron chi connectivity index (χ0n) is 12.7. The van der Waals surface area contributed by atoms with Crippen LogP contribution in [0.15, 0.2) is 0 Å². The van der Waals surface area contributed by atoms with Gasteiger partial charge in [0, 0.05) is 0 Å². The van der Waals surface area contributed by atoms with Gasteiger partial charge in [0.2, 0.25) is 0 Å². The summed E-state index contributed by atoms with van der Waals surface area (Å²) in [6.07, 6.45) is -0.378. The second-order valence-electron chi connectivity index (χ2n) is 4.70. The van der Waals surface area contributed by atoms with Gasteiger partial charge >= 0.3 is 18.0 Å². The van der Waals surface area contributed by atoms with Crippen LogP contribution in [0.5, 0.6) is 0 Å². The van der Waals surface area contributed by atoms with Gasteiger partial charge in [-0.05, 0) is 6.92 Å². The number of quaternary nitrogens is 1. The van der Waals surface area contributed by atoms with Gasteiger partial charge in [0.15, 0.2) is 6.04 Å². The van der Waals surface area contributed by atoms with Crippen LogP contribution in [0.4, 0.5) is 4.79 Å². The Morgan fingerprint density at radius 1 is 1.14 bits per heavy atom. The summed E-state index contributed by atoms with van der Waals surface area (Å²) < 4.78 is 14.3. The number of nitrogens with one attached hydrogen (secondary N) is 1. The first-order valence-electron chi connectivity index (χ1n) is 6.94. The lowest BCUT2D eigenvalue weighted by Gasteiger charge is -2.34. The first kappa shape index (κ1) is 17.2. The van der Waals surface area contributed by atoms with Crippen molar-refractivity contribution in [1.82, 2.24) is 4.90 Å². The number of amides is 1. The second kappa shape index (κ2) is 8.46. The normalized spacial score (nSPS) is 17.0. The van der Waals surface area contributed by atoms with Crippen LogP contribution in [0.1, 0.15) is 13.3 Å². The van der Waals surface area contributed by atoms with Gasteiger partial charge in [-0.25, -0.2) is 9.59 Å². The topological polar surface area (TPSA) is 86.6 Å². The summed E-state index contributed by atoms with van der Waals surface area (Å²) in [4.78, 5) is 37.4. The third kappa shape index (κ3) is 4.89. The number of rotatable bonds is 5. The largest absolute Gasteiger partial charge is 0.469 e. The van der Waals surface area contributed by atoms with Gasteiger partial charge < -0.3 is 19.1 Å². The van der Waals surface area contributed by atoms with Crippen molar-refractivity contribution in [3.05, 3.63) is 0 Å². The minimum absolute atomic E-state index is 0.0298. The van der Waals surface area contributed by atoms with Crippen LogP contribution in [0.2, 0.25) is 0 Å². The lowest BCUT2D eigenvalue weighted by Crippen LogP contribution is -3.19. The molecule has 120 valence electrons. The molecule has 1 aliphatic heterocycles. The van der Waals surface area contributed by atoms with Gasteiger partial charge in [-0.15, -0.1) is 0 Å². The van der Waals surface area contributed by atoms with E-state index in [4.69, 9.17) is 9.47 Å². The summed E-state index contributed by atoms with van der Waals surface area (Å²) in [5.74, 6) is -0.897. The molecule has 0 spiro atoms. The van der Waals surface area contributed by atoms with Crippen LogP contribution in [0.3, 0.4) is 0 Å². The number of carbonyl (C=O) groups is 3. The van der Waals surface area contributed by atoms with Crippen molar-refractivity contribution >= 4 is 18.0 Å². The van der Waals surface area contributed by atoms with Crippen molar-refractivity contribution in [1.29, 1.82) is 0 Å². The van der Waals surface area contributed by atoms with E-state index < -0.39 is 18.0 Å². The van der Waals surface area contributed by atoms with Crippen LogP contribution < -0.4 is 4.90 Å². The van der Waals surface area contributed by atoms with E-state index in [1.54, 1.807) is 11.8 Å². The Bertz CT molecular complexity index is 379. The summed E-state index contributed by atoms with van der Waals surface area (Å²) in [6, 6.07) is -0.605. The lowest BCUT2D eigenvalue weighted by molar-refractivity contribution is -0.920. The highest BCUT2D eigenvalue weighted by atomic mass is 16.6. The van der Waals surface area contributed by atoms with Gasteiger partial charge in [0.1, 0.15) is 6.42 Å². The molecule has 21 heavy (non-hydrogen) atoms. The minimum atomic E-state index is -0.605. The molecule has 8 nitrogen and oxygen atoms in total. The number of nitrogens with zero attached hydrogens (tertiary/aromatic N) is 1. The smallest absolute Gasteiger partial charge is 0.410 e. The van der Waals surface area contributed by atoms with Crippen molar-refractivity contribution in [2.24, 2.45) is 0 Å². The second-order valence-corrected chi connectivity index (χ2v) is 4.70. The number of piperazine rings is 1. The highest BCUT2D eigenvalue weighted by Gasteiger charge is 2.36. The number of methoxy groups -OCH3 is 2. The van der Waals surface area contributed by atoms with Gasteiger partial charge in [0.05, 0.1) is 47.0 Å². The van der Waals surface area contributed by atoms with Gasteiger partial charge in [-0.3, -0.25) is 9.69 Å². The van der Waals surface area contributed by atoms with Crippen LogP contribution in [-0.2, 0) is 23.8 Å². The van der Waals surface area contributed by atoms with E-state index in [-0.39, 0.29) is 12.5 Å². The van der Waals surface area contributed by atoms with E-state index in [1.165, 1.54) is 14.2 Å². The number of esters is 2. The molecule has 1 aliphatic rings. The van der Waals surface area contributed by atoms with Crippen molar-refractivity contribution in [2.45, 2.75) is 19.4 Å². The maximum Gasteiger partial charge on any atom is 0.410 e. The summed E-state index contributed by atoms with van der Waals surface area (Å²) >= 11 is 0. The highest BCUT2D eigenvalue weighted by Crippen LogP contribution is 1.99. The Labute approximate surface area is 123 Å². The molecule has 0 aliphatic carbocycles. The number of ether oxygens (including phenoxy) is 3. The van der Waals surface area contributed by atoms with Crippen molar-refractivity contribution in [3.8, 4) is 0 Å². The van der Waals surface area contributed by atoms with E-state index in [2.05, 4.69) is 4.74 Å². The number of hydrogen-bond donors (Lipinski definition) is 1. The molecule has 1 fully saturated rings. The van der Waals surface area contributed by atoms with Crippen LogP contribution in [0, 0.1) is 0 Å². The molecule has 1 amide bonds. The van der Waals surface area contributed by atoms with E-state index in [1.807, 2.05) is 0 Å². The predicted molar refractivity (Wildman–Crippen MR) is 71.7 cm³/mol. The molecular weight excluding hydrogens is 280 g/mol. The fourth-order valence-corrected chi connectivity index (χ4v) is 2.33. The SMILES string of the molecule is CCOC(=O)N1CC[NH+]([C@@H](CC(=O)OC)C(=O)OC)CC1. The zero-order chi connectivity index (χ0) is 15.8. The molecule has 1 N–H and O–H groups in total. The molecule has 1 atom stereocenters. The van der Waals surface area contributed by atoms with Crippen molar-refractivity contribution in [2.75, 3.05) is 47.0 Å². The third-order valence-corrected chi connectivity index (χ3v) is 3.51. The van der Waals surface area contributed by atoms with E-state index in [0.717, 1.165) is 4.90 Å². The predicted octanol–water partition coefficient (Wildman–Crippen LogP) is -1.55. The molecule has 0 aromatic carbocycles. The maximum absolute atomic E-state index is 11.8. The summed E-state index contributed by atoms with van der Waals surface area (Å²) in [5.41, 5.74) is 0. The van der Waals surface area contributed by atoms with Crippen molar-refractivity contribution in [3.63, 3.8) is 0 Å². The van der Waals surface area contributed by atoms with E-state index in [9.17, 15) is 14.4 Å². The maximum atomic E-state index is 11.8. The molecule has 0 bridgehead atoms. The van der Waals surface area contributed by atoms with Gasteiger partial charge in [-0.1, -0.05) is 0 Å². The molecular formula is C13H23N2O6+. The van der Waals surface area contributed by atoms with Crippen LogP contribution >= 0.6 is 0 Å². The molecule has 0 saturated carbocycles. The van der Waals surface area contributed by atoms with Gasteiger partial charge in [-0.2, -0.15) is 0 Å². The molecule has 1 saturated heterocycles. The molecule has 1 rings (SSSR count). The monoisotopic (exact) mass is 303 g/mol. The lowest BCUT2D eigenvalue weighted by atomic mass is 10.1. The Kier molecular flexibility index (Phi) is 6.93. The van der Waals surface area contributed by atoms with E-state index in [0.29, 0.717) is 32.8 Å². The molecule has 0 aromatic rings. The Balaban J connectivity index is 2.60. The average molecular weight is 303 g/mol. The van der Waals surface area contributed by atoms with Crippen LogP contribution in [0.25, 0.3) is 0 Å². The summed E-state index contributed by atoms with van der Waals surface area (Å²) in [5, 5.41) is 0. The zero-order valence-corrected chi connectivity index (χ0v) is 12.7. The van der Waals surface area contributed by atoms with E-state index >= 15 is 0 Å². The quantitative estimate of drug-likeness (QED) is 0.489. The van der Waals surface area contributed by atoms with Crippen LogP contribution in [-0.4, -0.2) is 76.0 Å². The number of carbonyl (C=O) groups excluding carboxylic acids is 3. The summed E-state index contributed by atoms with van der Waals surface area (Å²) in [7, 11) is 2.58. The van der Waals surface area contributed by atoms with Gasteiger partial charge in [0.25, 0.3) is 0 Å². The van der Waals surface area contributed by atoms with Crippen molar-refractivity contribution < 1.29 is 33.5 Å². The molecule has 0 unspecified atom stereocenters. The fourth-order valence-electron chi connectivity index (χ4n) is 2.33. The fraction of sp³-hybridized carbons (Fsp3) is 0.769. The Hall–Kier alpha value is -1.83. The number of hydrogen-bond acceptors (Lipinski definition) is 6. The Morgan fingerprint density at radius 3 is 2.24 bits per heavy atom. The first-order valence-corrected chi connectivity index (χ1v) is 6.94. The molecule has 0 aromatic heterocycles. The molecule has 8 heteroatoms. The average Bonchev–Trinajstić information content (AvgIpc) is 2.52. The highest BCUT2D eigenvalue weighted by molar-refractivity contribution is 5.81.